The zero-order valence-corrected chi connectivity index (χ0v) is 16.8. The molecule has 1 aliphatic heterocycles. The van der Waals surface area contributed by atoms with Gasteiger partial charge in [0, 0.05) is 17.8 Å². The second-order valence-corrected chi connectivity index (χ2v) is 7.22. The second-order valence-electron chi connectivity index (χ2n) is 6.81. The Hall–Kier alpha value is -3.53. The average Bonchev–Trinajstić information content (AvgIpc) is 2.89. The van der Waals surface area contributed by atoms with E-state index in [2.05, 4.69) is 16.1 Å². The van der Waals surface area contributed by atoms with Crippen LogP contribution in [0.25, 0.3) is 0 Å². The minimum atomic E-state index is -1.38. The topological polar surface area (TPSA) is 117 Å². The van der Waals surface area contributed by atoms with Crippen LogP contribution < -0.4 is 16.1 Å². The maximum absolute atomic E-state index is 12.9. The molecule has 150 valence electrons. The van der Waals surface area contributed by atoms with Crippen LogP contribution in [-0.4, -0.2) is 27.0 Å². The minimum Gasteiger partial charge on any atom is -0.331 e. The quantitative estimate of drug-likeness (QED) is 0.305. The third-order valence-electron chi connectivity index (χ3n) is 4.91. The summed E-state index contributed by atoms with van der Waals surface area (Å²) in [6.07, 6.45) is 0. The standard InChI is InChI=1S/C19H19N5O4S/c1-11-5-4-6-15(12(11)2)20-17(29)22-23-16(25)19(3,21-18(23)26)13-7-9-14(10-8-13)24(27)28/h4-10H,1-3H3,(H,21,26)(H2,20,22,29)/t19-/m0/s1. The molecule has 29 heavy (non-hydrogen) atoms. The van der Waals surface area contributed by atoms with E-state index in [9.17, 15) is 19.7 Å². The number of urea groups is 1. The lowest BCUT2D eigenvalue weighted by molar-refractivity contribution is -0.384. The summed E-state index contributed by atoms with van der Waals surface area (Å²) in [5.41, 5.74) is 4.35. The Labute approximate surface area is 172 Å². The van der Waals surface area contributed by atoms with Crippen LogP contribution in [0.4, 0.5) is 16.2 Å². The largest absolute Gasteiger partial charge is 0.344 e. The Bertz CT molecular complexity index is 1020. The number of non-ortho nitro benzene ring substituents is 1. The van der Waals surface area contributed by atoms with Crippen molar-refractivity contribution in [2.24, 2.45) is 0 Å². The fourth-order valence-electron chi connectivity index (χ4n) is 2.99. The molecule has 3 rings (SSSR count). The van der Waals surface area contributed by atoms with Crippen molar-refractivity contribution in [3.05, 3.63) is 69.3 Å². The third-order valence-corrected chi connectivity index (χ3v) is 5.11. The van der Waals surface area contributed by atoms with Crippen LogP contribution in [-0.2, 0) is 10.3 Å². The van der Waals surface area contributed by atoms with E-state index < -0.39 is 22.4 Å². The predicted octanol–water partition coefficient (Wildman–Crippen LogP) is 2.88. The van der Waals surface area contributed by atoms with Gasteiger partial charge in [-0.1, -0.05) is 12.1 Å². The predicted molar refractivity (Wildman–Crippen MR) is 111 cm³/mol. The molecule has 2 aromatic rings. The third kappa shape index (κ3) is 3.74. The van der Waals surface area contributed by atoms with Gasteiger partial charge in [0.1, 0.15) is 5.54 Å². The van der Waals surface area contributed by atoms with Gasteiger partial charge in [-0.25, -0.2) is 4.79 Å². The van der Waals surface area contributed by atoms with Crippen molar-refractivity contribution in [3.63, 3.8) is 0 Å². The Morgan fingerprint density at radius 1 is 1.17 bits per heavy atom. The number of nitrogens with one attached hydrogen (secondary N) is 3. The van der Waals surface area contributed by atoms with Crippen molar-refractivity contribution in [1.29, 1.82) is 0 Å². The number of thiocarbonyl (C=S) groups is 1. The van der Waals surface area contributed by atoms with Crippen LogP contribution in [0.3, 0.4) is 0 Å². The summed E-state index contributed by atoms with van der Waals surface area (Å²) >= 11 is 5.25. The molecular weight excluding hydrogens is 394 g/mol. The van der Waals surface area contributed by atoms with E-state index in [0.29, 0.717) is 5.56 Å². The van der Waals surface area contributed by atoms with E-state index in [-0.39, 0.29) is 10.8 Å². The highest BCUT2D eigenvalue weighted by Crippen LogP contribution is 2.29. The zero-order chi connectivity index (χ0) is 21.3. The second kappa shape index (κ2) is 7.47. The number of carbonyl (C=O) groups is 2. The van der Waals surface area contributed by atoms with Crippen molar-refractivity contribution >= 4 is 40.6 Å². The first-order chi connectivity index (χ1) is 13.6. The molecule has 0 unspecified atom stereocenters. The van der Waals surface area contributed by atoms with Crippen LogP contribution in [0.1, 0.15) is 23.6 Å². The van der Waals surface area contributed by atoms with Gasteiger partial charge in [-0.2, -0.15) is 5.01 Å². The van der Waals surface area contributed by atoms with Gasteiger partial charge in [0.2, 0.25) is 0 Å². The van der Waals surface area contributed by atoms with E-state index >= 15 is 0 Å². The molecule has 0 aromatic heterocycles. The molecule has 0 aliphatic carbocycles. The summed E-state index contributed by atoms with van der Waals surface area (Å²) < 4.78 is 0. The van der Waals surface area contributed by atoms with Crippen molar-refractivity contribution < 1.29 is 14.5 Å². The van der Waals surface area contributed by atoms with Crippen molar-refractivity contribution in [2.45, 2.75) is 26.3 Å². The molecule has 3 N–H and O–H groups in total. The lowest BCUT2D eigenvalue weighted by atomic mass is 9.92. The van der Waals surface area contributed by atoms with Gasteiger partial charge < -0.3 is 10.6 Å². The molecule has 0 spiro atoms. The first kappa shape index (κ1) is 20.2. The number of benzene rings is 2. The lowest BCUT2D eigenvalue weighted by Gasteiger charge is -2.22. The minimum absolute atomic E-state index is 0.0788. The number of imide groups is 1. The molecule has 10 heteroatoms. The summed E-state index contributed by atoms with van der Waals surface area (Å²) in [4.78, 5) is 35.6. The number of nitrogens with zero attached hydrogens (tertiary/aromatic N) is 2. The zero-order valence-electron chi connectivity index (χ0n) is 16.0. The number of hydrogen-bond acceptors (Lipinski definition) is 5. The maximum atomic E-state index is 12.9. The van der Waals surface area contributed by atoms with Crippen molar-refractivity contribution in [3.8, 4) is 0 Å². The van der Waals surface area contributed by atoms with Crippen molar-refractivity contribution in [1.82, 2.24) is 15.8 Å². The summed E-state index contributed by atoms with van der Waals surface area (Å²) in [7, 11) is 0. The Morgan fingerprint density at radius 2 is 1.83 bits per heavy atom. The average molecular weight is 413 g/mol. The Balaban J connectivity index is 1.77. The van der Waals surface area contributed by atoms with Crippen LogP contribution in [0.15, 0.2) is 42.5 Å². The molecule has 1 fully saturated rings. The number of rotatable bonds is 4. The molecule has 0 radical (unpaired) electrons. The fraction of sp³-hybridized carbons (Fsp3) is 0.211. The first-order valence-corrected chi connectivity index (χ1v) is 9.10. The number of hydrogen-bond donors (Lipinski definition) is 3. The van der Waals surface area contributed by atoms with Gasteiger partial charge in [0.05, 0.1) is 4.92 Å². The van der Waals surface area contributed by atoms with E-state index in [1.807, 2.05) is 32.0 Å². The van der Waals surface area contributed by atoms with Gasteiger partial charge in [-0.15, -0.1) is 0 Å². The number of nitro groups is 1. The summed E-state index contributed by atoms with van der Waals surface area (Å²) in [6, 6.07) is 10.4. The smallest absolute Gasteiger partial charge is 0.331 e. The van der Waals surface area contributed by atoms with E-state index in [1.54, 1.807) is 0 Å². The molecule has 1 aliphatic rings. The monoisotopic (exact) mass is 413 g/mol. The molecular formula is C19H19N5O4S. The van der Waals surface area contributed by atoms with Gasteiger partial charge in [0.15, 0.2) is 5.11 Å². The van der Waals surface area contributed by atoms with Gasteiger partial charge in [0.25, 0.3) is 11.6 Å². The highest BCUT2D eigenvalue weighted by Gasteiger charge is 2.49. The molecule has 3 amide bonds. The van der Waals surface area contributed by atoms with Crippen LogP contribution in [0.5, 0.6) is 0 Å². The Kier molecular flexibility index (Phi) is 5.21. The molecule has 0 saturated carbocycles. The number of amides is 3. The maximum Gasteiger partial charge on any atom is 0.344 e. The van der Waals surface area contributed by atoms with Crippen molar-refractivity contribution in [2.75, 3.05) is 5.32 Å². The molecule has 2 aromatic carbocycles. The number of hydrazine groups is 1. The first-order valence-electron chi connectivity index (χ1n) is 8.69. The van der Waals surface area contributed by atoms with Gasteiger partial charge in [-0.05, 0) is 67.9 Å². The van der Waals surface area contributed by atoms with Gasteiger partial charge in [-0.3, -0.25) is 20.3 Å². The fourth-order valence-corrected chi connectivity index (χ4v) is 3.19. The van der Waals surface area contributed by atoms with Crippen LogP contribution in [0, 0.1) is 24.0 Å². The van der Waals surface area contributed by atoms with E-state index in [1.165, 1.54) is 31.2 Å². The summed E-state index contributed by atoms with van der Waals surface area (Å²) in [5, 5.41) is 17.3. The lowest BCUT2D eigenvalue weighted by Crippen LogP contribution is -2.49. The molecule has 0 bridgehead atoms. The normalized spacial score (nSPS) is 18.4. The summed E-state index contributed by atoms with van der Waals surface area (Å²) in [5.74, 6) is -0.582. The van der Waals surface area contributed by atoms with Crippen LogP contribution in [0.2, 0.25) is 0 Å². The van der Waals surface area contributed by atoms with Gasteiger partial charge >= 0.3 is 6.03 Å². The molecule has 1 heterocycles. The summed E-state index contributed by atoms with van der Waals surface area (Å²) in [6.45, 7) is 5.42. The number of aryl methyl sites for hydroxylation is 1. The number of nitro benzene ring substituents is 1. The van der Waals surface area contributed by atoms with E-state index in [4.69, 9.17) is 12.2 Å². The Morgan fingerprint density at radius 3 is 2.45 bits per heavy atom. The highest BCUT2D eigenvalue weighted by atomic mass is 32.1. The van der Waals surface area contributed by atoms with E-state index in [0.717, 1.165) is 21.8 Å². The number of carbonyl (C=O) groups excluding carboxylic acids is 2. The number of anilines is 1. The SMILES string of the molecule is Cc1cccc(NC(=S)NN2C(=O)N[C@@](C)(c3ccc([N+](=O)[O-])cc3)C2=O)c1C. The molecule has 9 nitrogen and oxygen atoms in total. The molecule has 1 atom stereocenters. The van der Waals surface area contributed by atoms with Crippen LogP contribution >= 0.6 is 12.2 Å². The highest BCUT2D eigenvalue weighted by molar-refractivity contribution is 7.80. The molecule has 1 saturated heterocycles.